The summed E-state index contributed by atoms with van der Waals surface area (Å²) in [5.41, 5.74) is 2.80. The Bertz CT molecular complexity index is 1300. The molecule has 3 aromatic carbocycles. The summed E-state index contributed by atoms with van der Waals surface area (Å²) in [7, 11) is 0. The van der Waals surface area contributed by atoms with Crippen molar-refractivity contribution < 1.29 is 4.79 Å². The molecule has 4 rings (SSSR count). The van der Waals surface area contributed by atoms with Crippen LogP contribution in [0.3, 0.4) is 0 Å². The lowest BCUT2D eigenvalue weighted by molar-refractivity contribution is -0.116. The lowest BCUT2D eigenvalue weighted by Gasteiger charge is -2.16. The molecule has 0 spiro atoms. The fourth-order valence-electron chi connectivity index (χ4n) is 3.37. The molecule has 4 nitrogen and oxygen atoms in total. The van der Waals surface area contributed by atoms with Crippen molar-refractivity contribution in [1.82, 2.24) is 4.57 Å². The van der Waals surface area contributed by atoms with E-state index in [-0.39, 0.29) is 17.9 Å². The Morgan fingerprint density at radius 3 is 2.39 bits per heavy atom. The number of pyridine rings is 1. The Labute approximate surface area is 171 Å². The van der Waals surface area contributed by atoms with E-state index in [1.165, 1.54) is 0 Å². The molecule has 1 amide bonds. The van der Waals surface area contributed by atoms with Crippen LogP contribution in [0.25, 0.3) is 21.8 Å². The number of hydrogen-bond donors (Lipinski definition) is 1. The van der Waals surface area contributed by atoms with Gasteiger partial charge in [0.1, 0.15) is 6.54 Å². The average molecular weight is 411 g/mol. The maximum absolute atomic E-state index is 12.8. The number of nitrogens with one attached hydrogen (secondary N) is 1. The molecule has 0 unspecified atom stereocenters. The van der Waals surface area contributed by atoms with Crippen molar-refractivity contribution in [3.8, 4) is 0 Å². The highest BCUT2D eigenvalue weighted by molar-refractivity contribution is 6.31. The quantitative estimate of drug-likeness (QED) is 0.459. The molecule has 28 heavy (non-hydrogen) atoms. The lowest BCUT2D eigenvalue weighted by atomic mass is 10.1. The summed E-state index contributed by atoms with van der Waals surface area (Å²) < 4.78 is 1.82. The molecular weight excluding hydrogens is 395 g/mol. The van der Waals surface area contributed by atoms with Gasteiger partial charge < -0.3 is 9.88 Å². The minimum absolute atomic E-state index is 0.0414. The largest absolute Gasteiger partial charge is 0.331 e. The van der Waals surface area contributed by atoms with E-state index < -0.39 is 0 Å². The molecule has 0 aliphatic carbocycles. The number of para-hydroxylation sites is 1. The summed E-state index contributed by atoms with van der Waals surface area (Å²) in [5, 5.41) is 5.12. The van der Waals surface area contributed by atoms with Gasteiger partial charge in [-0.25, -0.2) is 0 Å². The summed E-state index contributed by atoms with van der Waals surface area (Å²) in [6.07, 6.45) is 0. The highest BCUT2D eigenvalue weighted by Crippen LogP contribution is 2.23. The van der Waals surface area contributed by atoms with Crippen molar-refractivity contribution in [2.24, 2.45) is 0 Å². The maximum atomic E-state index is 12.8. The third kappa shape index (κ3) is 3.37. The van der Waals surface area contributed by atoms with E-state index in [9.17, 15) is 9.59 Å². The zero-order valence-electron chi connectivity index (χ0n) is 15.0. The number of hydrogen-bond acceptors (Lipinski definition) is 2. The van der Waals surface area contributed by atoms with Crippen LogP contribution in [0.15, 0.2) is 65.5 Å². The highest BCUT2D eigenvalue weighted by atomic mass is 35.5. The van der Waals surface area contributed by atoms with Crippen molar-refractivity contribution in [3.05, 3.63) is 86.5 Å². The van der Waals surface area contributed by atoms with Gasteiger partial charge >= 0.3 is 0 Å². The molecule has 0 radical (unpaired) electrons. The number of halogens is 2. The van der Waals surface area contributed by atoms with Crippen LogP contribution in [0.5, 0.6) is 0 Å². The number of carbonyl (C=O) groups excluding carboxylic acids is 1. The Morgan fingerprint density at radius 2 is 1.61 bits per heavy atom. The molecular formula is C22H16Cl2N2O2. The average Bonchev–Trinajstić information content (AvgIpc) is 2.67. The molecule has 0 bridgehead atoms. The van der Waals surface area contributed by atoms with Crippen LogP contribution in [-0.2, 0) is 11.3 Å². The number of aryl methyl sites for hydroxylation is 1. The molecule has 1 aromatic heterocycles. The zero-order chi connectivity index (χ0) is 19.8. The molecule has 0 fully saturated rings. The SMILES string of the molecule is Cc1cc(Cl)ccc1NC(=O)Cn1c2ccccc2c(=O)c2ccc(Cl)cc21. The third-order valence-electron chi connectivity index (χ3n) is 4.70. The second-order valence-electron chi connectivity index (χ2n) is 6.60. The third-order valence-corrected chi connectivity index (χ3v) is 5.17. The van der Waals surface area contributed by atoms with Gasteiger partial charge in [0.15, 0.2) is 5.43 Å². The van der Waals surface area contributed by atoms with Crippen molar-refractivity contribution in [2.45, 2.75) is 13.5 Å². The lowest BCUT2D eigenvalue weighted by Crippen LogP contribution is -2.22. The molecule has 0 aliphatic rings. The van der Waals surface area contributed by atoms with Crippen LogP contribution in [-0.4, -0.2) is 10.5 Å². The fraction of sp³-hybridized carbons (Fsp3) is 0.0909. The first-order valence-electron chi connectivity index (χ1n) is 8.71. The van der Waals surface area contributed by atoms with Crippen LogP contribution < -0.4 is 10.7 Å². The van der Waals surface area contributed by atoms with Crippen LogP contribution >= 0.6 is 23.2 Å². The van der Waals surface area contributed by atoms with Gasteiger partial charge in [0.05, 0.1) is 11.0 Å². The summed E-state index contributed by atoms with van der Waals surface area (Å²) in [6, 6.07) is 17.6. The summed E-state index contributed by atoms with van der Waals surface area (Å²) in [6.45, 7) is 1.92. The maximum Gasteiger partial charge on any atom is 0.244 e. The smallest absolute Gasteiger partial charge is 0.244 e. The van der Waals surface area contributed by atoms with E-state index in [4.69, 9.17) is 23.2 Å². The van der Waals surface area contributed by atoms with E-state index >= 15 is 0 Å². The van der Waals surface area contributed by atoms with E-state index in [1.807, 2.05) is 29.7 Å². The standard InChI is InChI=1S/C22H16Cl2N2O2/c1-13-10-14(23)7-9-18(13)25-21(27)12-26-19-5-3-2-4-16(19)22(28)17-8-6-15(24)11-20(17)26/h2-11H,12H2,1H3,(H,25,27). The predicted molar refractivity (Wildman–Crippen MR) is 116 cm³/mol. The molecule has 1 N–H and O–H groups in total. The Hall–Kier alpha value is -2.82. The van der Waals surface area contributed by atoms with Gasteiger partial charge in [-0.1, -0.05) is 35.3 Å². The minimum atomic E-state index is -0.208. The Balaban J connectivity index is 1.82. The summed E-state index contributed by atoms with van der Waals surface area (Å²) in [5.74, 6) is -0.208. The first-order valence-corrected chi connectivity index (χ1v) is 9.46. The minimum Gasteiger partial charge on any atom is -0.331 e. The van der Waals surface area contributed by atoms with Crippen LogP contribution in [0.2, 0.25) is 10.0 Å². The summed E-state index contributed by atoms with van der Waals surface area (Å²) >= 11 is 12.2. The van der Waals surface area contributed by atoms with E-state index in [1.54, 1.807) is 42.5 Å². The topological polar surface area (TPSA) is 51.1 Å². The first kappa shape index (κ1) is 18.5. The first-order chi connectivity index (χ1) is 13.4. The molecule has 140 valence electrons. The molecule has 0 saturated carbocycles. The second kappa shape index (κ2) is 7.30. The number of rotatable bonds is 3. The Kier molecular flexibility index (Phi) is 4.84. The number of benzene rings is 3. The molecule has 0 atom stereocenters. The number of carbonyl (C=O) groups is 1. The van der Waals surface area contributed by atoms with Crippen LogP contribution in [0.4, 0.5) is 5.69 Å². The number of fused-ring (bicyclic) bond motifs is 2. The normalized spacial score (nSPS) is 11.1. The van der Waals surface area contributed by atoms with Crippen LogP contribution in [0, 0.1) is 6.92 Å². The van der Waals surface area contributed by atoms with E-state index in [0.29, 0.717) is 37.5 Å². The molecule has 0 aliphatic heterocycles. The highest BCUT2D eigenvalue weighted by Gasteiger charge is 2.14. The van der Waals surface area contributed by atoms with Crippen molar-refractivity contribution in [3.63, 3.8) is 0 Å². The number of nitrogens with zero attached hydrogens (tertiary/aromatic N) is 1. The molecule has 0 saturated heterocycles. The van der Waals surface area contributed by atoms with Crippen molar-refractivity contribution in [2.75, 3.05) is 5.32 Å². The van der Waals surface area contributed by atoms with Gasteiger partial charge in [0.25, 0.3) is 0 Å². The predicted octanol–water partition coefficient (Wildman–Crippen LogP) is 5.41. The molecule has 1 heterocycles. The number of amides is 1. The monoisotopic (exact) mass is 410 g/mol. The van der Waals surface area contributed by atoms with Crippen LogP contribution in [0.1, 0.15) is 5.56 Å². The van der Waals surface area contributed by atoms with E-state index in [2.05, 4.69) is 5.32 Å². The molecule has 4 aromatic rings. The van der Waals surface area contributed by atoms with Gasteiger partial charge in [-0.15, -0.1) is 0 Å². The van der Waals surface area contributed by atoms with Gasteiger partial charge in [-0.2, -0.15) is 0 Å². The Morgan fingerprint density at radius 1 is 0.929 bits per heavy atom. The zero-order valence-corrected chi connectivity index (χ0v) is 16.5. The fourth-order valence-corrected chi connectivity index (χ4v) is 3.76. The van der Waals surface area contributed by atoms with Gasteiger partial charge in [0.2, 0.25) is 5.91 Å². The number of anilines is 1. The van der Waals surface area contributed by atoms with Gasteiger partial charge in [0, 0.05) is 26.5 Å². The van der Waals surface area contributed by atoms with Gasteiger partial charge in [-0.3, -0.25) is 9.59 Å². The second-order valence-corrected chi connectivity index (χ2v) is 7.47. The van der Waals surface area contributed by atoms with Crippen molar-refractivity contribution in [1.29, 1.82) is 0 Å². The van der Waals surface area contributed by atoms with E-state index in [0.717, 1.165) is 5.56 Å². The number of aromatic nitrogens is 1. The molecule has 6 heteroatoms. The van der Waals surface area contributed by atoms with Crippen molar-refractivity contribution >= 4 is 56.6 Å². The van der Waals surface area contributed by atoms with Gasteiger partial charge in [-0.05, 0) is 61.0 Å². The summed E-state index contributed by atoms with van der Waals surface area (Å²) in [4.78, 5) is 25.6.